The van der Waals surface area contributed by atoms with Gasteiger partial charge >= 0.3 is 0 Å². The van der Waals surface area contributed by atoms with Crippen LogP contribution < -0.4 is 10.2 Å². The van der Waals surface area contributed by atoms with Crippen LogP contribution in [0.5, 0.6) is 0 Å². The lowest BCUT2D eigenvalue weighted by Gasteiger charge is -2.21. The molecule has 7 heteroatoms. The molecule has 0 atom stereocenters. The number of nitrogens with zero attached hydrogens (tertiary/aromatic N) is 3. The number of carbonyl (C=O) groups excluding carboxylic acids is 1. The van der Waals surface area contributed by atoms with E-state index < -0.39 is 23.2 Å². The Morgan fingerprint density at radius 2 is 1.61 bits per heavy atom. The van der Waals surface area contributed by atoms with Crippen molar-refractivity contribution in [2.24, 2.45) is 0 Å². The lowest BCUT2D eigenvalue weighted by atomic mass is 10.2. The van der Waals surface area contributed by atoms with Gasteiger partial charge < -0.3 is 10.2 Å². The average molecular weight is 382 g/mol. The first-order chi connectivity index (χ1) is 13.5. The SMILES string of the molecule is CCN(CC)c1cc(C(=O)Nc2c(F)cccc2F)nc(-c2ccccc2)n1. The summed E-state index contributed by atoms with van der Waals surface area (Å²) in [6, 6.07) is 14.1. The summed E-state index contributed by atoms with van der Waals surface area (Å²) in [5.41, 5.74) is 0.262. The molecule has 0 aliphatic heterocycles. The number of halogens is 2. The van der Waals surface area contributed by atoms with Gasteiger partial charge in [-0.25, -0.2) is 18.7 Å². The smallest absolute Gasteiger partial charge is 0.274 e. The molecule has 0 saturated carbocycles. The van der Waals surface area contributed by atoms with E-state index in [1.54, 1.807) is 0 Å². The van der Waals surface area contributed by atoms with E-state index >= 15 is 0 Å². The van der Waals surface area contributed by atoms with Gasteiger partial charge in [0.25, 0.3) is 5.91 Å². The van der Waals surface area contributed by atoms with Crippen LogP contribution in [0.25, 0.3) is 11.4 Å². The van der Waals surface area contributed by atoms with Gasteiger partial charge in [0.2, 0.25) is 0 Å². The van der Waals surface area contributed by atoms with E-state index in [2.05, 4.69) is 15.3 Å². The van der Waals surface area contributed by atoms with Gasteiger partial charge in [-0.3, -0.25) is 4.79 Å². The molecule has 0 aliphatic carbocycles. The van der Waals surface area contributed by atoms with Crippen molar-refractivity contribution in [2.45, 2.75) is 13.8 Å². The monoisotopic (exact) mass is 382 g/mol. The van der Waals surface area contributed by atoms with Gasteiger partial charge in [-0.05, 0) is 26.0 Å². The van der Waals surface area contributed by atoms with Gasteiger partial charge in [-0.1, -0.05) is 36.4 Å². The second kappa shape index (κ2) is 8.56. The Kier molecular flexibility index (Phi) is 5.93. The van der Waals surface area contributed by atoms with Crippen molar-refractivity contribution >= 4 is 17.4 Å². The van der Waals surface area contributed by atoms with Crippen LogP contribution in [0.3, 0.4) is 0 Å². The van der Waals surface area contributed by atoms with Gasteiger partial charge in [0, 0.05) is 24.7 Å². The van der Waals surface area contributed by atoms with E-state index in [0.29, 0.717) is 24.7 Å². The molecule has 1 heterocycles. The normalized spacial score (nSPS) is 10.6. The summed E-state index contributed by atoms with van der Waals surface area (Å²) in [5.74, 6) is -1.48. The molecule has 1 aromatic heterocycles. The first kappa shape index (κ1) is 19.4. The van der Waals surface area contributed by atoms with E-state index in [0.717, 1.165) is 17.7 Å². The predicted octanol–water partition coefficient (Wildman–Crippen LogP) is 4.52. The van der Waals surface area contributed by atoms with Crippen LogP contribution in [0.4, 0.5) is 20.3 Å². The molecule has 0 bridgehead atoms. The van der Waals surface area contributed by atoms with Crippen molar-refractivity contribution < 1.29 is 13.6 Å². The molecule has 1 amide bonds. The molecule has 5 nitrogen and oxygen atoms in total. The third-order valence-electron chi connectivity index (χ3n) is 4.27. The molecule has 28 heavy (non-hydrogen) atoms. The zero-order valence-corrected chi connectivity index (χ0v) is 15.6. The molecule has 0 aliphatic rings. The lowest BCUT2D eigenvalue weighted by molar-refractivity contribution is 0.102. The highest BCUT2D eigenvalue weighted by atomic mass is 19.1. The fourth-order valence-corrected chi connectivity index (χ4v) is 2.77. The van der Waals surface area contributed by atoms with Gasteiger partial charge in [-0.15, -0.1) is 0 Å². The summed E-state index contributed by atoms with van der Waals surface area (Å²) < 4.78 is 27.8. The number of rotatable bonds is 6. The first-order valence-corrected chi connectivity index (χ1v) is 8.98. The highest BCUT2D eigenvalue weighted by Gasteiger charge is 2.18. The first-order valence-electron chi connectivity index (χ1n) is 8.98. The van der Waals surface area contributed by atoms with E-state index in [4.69, 9.17) is 0 Å². The quantitative estimate of drug-likeness (QED) is 0.681. The molecular weight excluding hydrogens is 362 g/mol. The van der Waals surface area contributed by atoms with Gasteiger partial charge in [0.1, 0.15) is 28.8 Å². The minimum absolute atomic E-state index is 0.0263. The number of hydrogen-bond donors (Lipinski definition) is 1. The van der Waals surface area contributed by atoms with Crippen LogP contribution in [0, 0.1) is 11.6 Å². The summed E-state index contributed by atoms with van der Waals surface area (Å²) in [6.07, 6.45) is 0. The summed E-state index contributed by atoms with van der Waals surface area (Å²) >= 11 is 0. The van der Waals surface area contributed by atoms with Crippen molar-refractivity contribution in [1.29, 1.82) is 0 Å². The number of amides is 1. The van der Waals surface area contributed by atoms with E-state index in [9.17, 15) is 13.6 Å². The Balaban J connectivity index is 2.04. The van der Waals surface area contributed by atoms with Crippen molar-refractivity contribution in [3.8, 4) is 11.4 Å². The number of carbonyl (C=O) groups is 1. The van der Waals surface area contributed by atoms with Crippen molar-refractivity contribution in [1.82, 2.24) is 9.97 Å². The number of benzene rings is 2. The van der Waals surface area contributed by atoms with Crippen molar-refractivity contribution in [2.75, 3.05) is 23.3 Å². The van der Waals surface area contributed by atoms with Crippen LogP contribution in [0.15, 0.2) is 54.6 Å². The number of hydrogen-bond acceptors (Lipinski definition) is 4. The van der Waals surface area contributed by atoms with Crippen LogP contribution in [-0.2, 0) is 0 Å². The molecule has 144 valence electrons. The molecule has 0 spiro atoms. The highest BCUT2D eigenvalue weighted by Crippen LogP contribution is 2.22. The summed E-state index contributed by atoms with van der Waals surface area (Å²) in [6.45, 7) is 5.32. The van der Waals surface area contributed by atoms with E-state index in [1.807, 2.05) is 49.1 Å². The van der Waals surface area contributed by atoms with E-state index in [-0.39, 0.29) is 5.69 Å². The maximum atomic E-state index is 13.9. The third-order valence-corrected chi connectivity index (χ3v) is 4.27. The average Bonchev–Trinajstić information content (AvgIpc) is 2.72. The van der Waals surface area contributed by atoms with Crippen molar-refractivity contribution in [3.63, 3.8) is 0 Å². The maximum absolute atomic E-state index is 13.9. The van der Waals surface area contributed by atoms with E-state index in [1.165, 1.54) is 12.1 Å². The number of para-hydroxylation sites is 1. The Labute approximate surface area is 162 Å². The van der Waals surface area contributed by atoms with Gasteiger partial charge in [0.05, 0.1) is 0 Å². The zero-order chi connectivity index (χ0) is 20.1. The number of nitrogens with one attached hydrogen (secondary N) is 1. The molecule has 0 fully saturated rings. The Bertz CT molecular complexity index is 955. The van der Waals surface area contributed by atoms with Crippen LogP contribution in [0.1, 0.15) is 24.3 Å². The standard InChI is InChI=1S/C21H20F2N4O/c1-3-27(4-2)18-13-17(24-20(25-18)14-9-6-5-7-10-14)21(28)26-19-15(22)11-8-12-16(19)23/h5-13H,3-4H2,1-2H3,(H,26,28). The Hall–Kier alpha value is -3.35. The zero-order valence-electron chi connectivity index (χ0n) is 15.6. The summed E-state index contributed by atoms with van der Waals surface area (Å²) in [5, 5.41) is 2.28. The molecule has 0 saturated heterocycles. The fraction of sp³-hybridized carbons (Fsp3) is 0.190. The second-order valence-electron chi connectivity index (χ2n) is 6.02. The topological polar surface area (TPSA) is 58.1 Å². The summed E-state index contributed by atoms with van der Waals surface area (Å²) in [4.78, 5) is 23.5. The Morgan fingerprint density at radius 1 is 0.964 bits per heavy atom. The van der Waals surface area contributed by atoms with Crippen LogP contribution >= 0.6 is 0 Å². The molecule has 2 aromatic carbocycles. The lowest BCUT2D eigenvalue weighted by Crippen LogP contribution is -2.25. The van der Waals surface area contributed by atoms with Crippen LogP contribution in [0.2, 0.25) is 0 Å². The third kappa shape index (κ3) is 4.14. The fourth-order valence-electron chi connectivity index (χ4n) is 2.77. The number of anilines is 2. The Morgan fingerprint density at radius 3 is 2.21 bits per heavy atom. The molecule has 1 N–H and O–H groups in total. The predicted molar refractivity (Wildman–Crippen MR) is 105 cm³/mol. The van der Waals surface area contributed by atoms with Crippen molar-refractivity contribution in [3.05, 3.63) is 71.9 Å². The minimum atomic E-state index is -0.852. The highest BCUT2D eigenvalue weighted by molar-refractivity contribution is 6.03. The van der Waals surface area contributed by atoms with Gasteiger partial charge in [0.15, 0.2) is 5.82 Å². The molecule has 0 radical (unpaired) electrons. The van der Waals surface area contributed by atoms with Crippen LogP contribution in [-0.4, -0.2) is 29.0 Å². The van der Waals surface area contributed by atoms with Gasteiger partial charge in [-0.2, -0.15) is 0 Å². The molecule has 3 aromatic rings. The minimum Gasteiger partial charge on any atom is -0.357 e. The maximum Gasteiger partial charge on any atom is 0.274 e. The molecule has 0 unspecified atom stereocenters. The molecule has 3 rings (SSSR count). The largest absolute Gasteiger partial charge is 0.357 e. The number of aromatic nitrogens is 2. The molecular formula is C21H20F2N4O. The second-order valence-corrected chi connectivity index (χ2v) is 6.02. The summed E-state index contributed by atoms with van der Waals surface area (Å²) in [7, 11) is 0.